The fourth-order valence-corrected chi connectivity index (χ4v) is 3.43. The van der Waals surface area contributed by atoms with Gasteiger partial charge in [-0.3, -0.25) is 9.59 Å². The van der Waals surface area contributed by atoms with Gasteiger partial charge in [0.1, 0.15) is 5.92 Å². The van der Waals surface area contributed by atoms with Crippen LogP contribution in [0.1, 0.15) is 44.9 Å². The summed E-state index contributed by atoms with van der Waals surface area (Å²) in [5.74, 6) is -0.966. The number of hydrogen-bond acceptors (Lipinski definition) is 5. The Kier molecular flexibility index (Phi) is 6.18. The van der Waals surface area contributed by atoms with Crippen molar-refractivity contribution in [2.45, 2.75) is 44.9 Å². The van der Waals surface area contributed by atoms with Gasteiger partial charge in [0.05, 0.1) is 32.3 Å². The van der Waals surface area contributed by atoms with Crippen molar-refractivity contribution in [1.82, 2.24) is 0 Å². The van der Waals surface area contributed by atoms with E-state index in [1.54, 1.807) is 0 Å². The Bertz CT molecular complexity index is 354. The van der Waals surface area contributed by atoms with Crippen LogP contribution in [0.25, 0.3) is 0 Å². The molecule has 1 saturated heterocycles. The maximum atomic E-state index is 12.8. The maximum absolute atomic E-state index is 12.8. The second kappa shape index (κ2) is 7.90. The lowest BCUT2D eigenvalue weighted by atomic mass is 9.66. The predicted molar refractivity (Wildman–Crippen MR) is 76.9 cm³/mol. The average molecular weight is 298 g/mol. The van der Waals surface area contributed by atoms with Gasteiger partial charge in [0.15, 0.2) is 5.78 Å². The molecule has 5 nitrogen and oxygen atoms in total. The molecule has 1 spiro atoms. The number of carbonyl (C=O) groups is 2. The summed E-state index contributed by atoms with van der Waals surface area (Å²) in [5.41, 5.74) is -0.499. The standard InChI is InChI=1S/C16H26O5/c1-19-15(18)13-6-5-8-16(14(13)17)7-3-2-4-9-20-10-11-21-12-16/h13H,2-12H2,1H3/t13?,16-/m1/s1. The van der Waals surface area contributed by atoms with Crippen LogP contribution in [0.4, 0.5) is 0 Å². The molecular weight excluding hydrogens is 272 g/mol. The van der Waals surface area contributed by atoms with Crippen LogP contribution in [0.3, 0.4) is 0 Å². The molecule has 2 rings (SSSR count). The van der Waals surface area contributed by atoms with E-state index in [0.29, 0.717) is 26.2 Å². The number of ketones is 1. The van der Waals surface area contributed by atoms with Crippen LogP contribution in [0, 0.1) is 11.3 Å². The highest BCUT2D eigenvalue weighted by atomic mass is 16.5. The zero-order valence-electron chi connectivity index (χ0n) is 12.9. The second-order valence-electron chi connectivity index (χ2n) is 6.09. The molecule has 0 aromatic rings. The first-order chi connectivity index (χ1) is 10.2. The third-order valence-electron chi connectivity index (χ3n) is 4.67. The summed E-state index contributed by atoms with van der Waals surface area (Å²) in [5, 5.41) is 0. The smallest absolute Gasteiger partial charge is 0.316 e. The fourth-order valence-electron chi connectivity index (χ4n) is 3.43. The molecule has 21 heavy (non-hydrogen) atoms. The van der Waals surface area contributed by atoms with Gasteiger partial charge >= 0.3 is 5.97 Å². The summed E-state index contributed by atoms with van der Waals surface area (Å²) in [4.78, 5) is 24.7. The molecule has 1 saturated carbocycles. The molecular formula is C16H26O5. The highest BCUT2D eigenvalue weighted by Gasteiger charge is 2.47. The fraction of sp³-hybridized carbons (Fsp3) is 0.875. The lowest BCUT2D eigenvalue weighted by molar-refractivity contribution is -0.157. The molecule has 0 amide bonds. The SMILES string of the molecule is COC(=O)C1CCC[C@@]2(CCCCCOCCOC2)C1=O. The molecule has 0 radical (unpaired) electrons. The number of Topliss-reactive ketones (excluding diaryl/α,β-unsaturated/α-hetero) is 1. The molecule has 2 atom stereocenters. The number of methoxy groups -OCH3 is 1. The van der Waals surface area contributed by atoms with Crippen LogP contribution in [0.5, 0.6) is 0 Å². The van der Waals surface area contributed by atoms with Gasteiger partial charge in [-0.2, -0.15) is 0 Å². The van der Waals surface area contributed by atoms with Crippen LogP contribution in [-0.4, -0.2) is 45.3 Å². The molecule has 2 aliphatic rings. The van der Waals surface area contributed by atoms with Gasteiger partial charge in [-0.25, -0.2) is 0 Å². The molecule has 0 aromatic heterocycles. The third-order valence-corrected chi connectivity index (χ3v) is 4.67. The van der Waals surface area contributed by atoms with Gasteiger partial charge in [-0.05, 0) is 25.7 Å². The molecule has 120 valence electrons. The molecule has 0 bridgehead atoms. The lowest BCUT2D eigenvalue weighted by Crippen LogP contribution is -2.46. The zero-order chi connectivity index (χ0) is 15.1. The third kappa shape index (κ3) is 4.04. The largest absolute Gasteiger partial charge is 0.468 e. The number of hydrogen-bond donors (Lipinski definition) is 0. The number of rotatable bonds is 1. The number of carbonyl (C=O) groups excluding carboxylic acids is 2. The summed E-state index contributed by atoms with van der Waals surface area (Å²) in [6.07, 6.45) is 6.16. The summed E-state index contributed by atoms with van der Waals surface area (Å²) < 4.78 is 15.9. The van der Waals surface area contributed by atoms with Crippen LogP contribution in [0.15, 0.2) is 0 Å². The van der Waals surface area contributed by atoms with Gasteiger partial charge < -0.3 is 14.2 Å². The molecule has 1 heterocycles. The molecule has 1 aliphatic carbocycles. The quantitative estimate of drug-likeness (QED) is 0.548. The van der Waals surface area contributed by atoms with Crippen molar-refractivity contribution >= 4 is 11.8 Å². The minimum Gasteiger partial charge on any atom is -0.468 e. The van der Waals surface area contributed by atoms with Crippen molar-refractivity contribution in [3.63, 3.8) is 0 Å². The van der Waals surface area contributed by atoms with Crippen molar-refractivity contribution in [2.24, 2.45) is 11.3 Å². The summed E-state index contributed by atoms with van der Waals surface area (Å²) in [7, 11) is 1.35. The molecule has 0 aromatic carbocycles. The van der Waals surface area contributed by atoms with E-state index in [1.807, 2.05) is 0 Å². The Morgan fingerprint density at radius 2 is 1.86 bits per heavy atom. The molecule has 1 aliphatic heterocycles. The van der Waals surface area contributed by atoms with E-state index in [9.17, 15) is 9.59 Å². The Balaban J connectivity index is 2.10. The van der Waals surface area contributed by atoms with Crippen LogP contribution in [-0.2, 0) is 23.8 Å². The van der Waals surface area contributed by atoms with E-state index in [1.165, 1.54) is 7.11 Å². The van der Waals surface area contributed by atoms with Crippen LogP contribution >= 0.6 is 0 Å². The van der Waals surface area contributed by atoms with Crippen molar-refractivity contribution in [3.8, 4) is 0 Å². The Morgan fingerprint density at radius 3 is 2.67 bits per heavy atom. The first-order valence-electron chi connectivity index (χ1n) is 7.97. The van der Waals surface area contributed by atoms with Crippen LogP contribution < -0.4 is 0 Å². The van der Waals surface area contributed by atoms with Crippen molar-refractivity contribution in [2.75, 3.05) is 33.5 Å². The minimum atomic E-state index is -0.603. The number of esters is 1. The Hall–Kier alpha value is -0.940. The Labute approximate surface area is 126 Å². The van der Waals surface area contributed by atoms with Gasteiger partial charge in [0.2, 0.25) is 0 Å². The maximum Gasteiger partial charge on any atom is 0.316 e. The van der Waals surface area contributed by atoms with Crippen molar-refractivity contribution in [3.05, 3.63) is 0 Å². The first kappa shape index (κ1) is 16.4. The highest BCUT2D eigenvalue weighted by Crippen LogP contribution is 2.41. The average Bonchev–Trinajstić information content (AvgIpc) is 2.55. The first-order valence-corrected chi connectivity index (χ1v) is 7.97. The van der Waals surface area contributed by atoms with Crippen molar-refractivity contribution in [1.29, 1.82) is 0 Å². The van der Waals surface area contributed by atoms with E-state index >= 15 is 0 Å². The molecule has 0 N–H and O–H groups in total. The van der Waals surface area contributed by atoms with Gasteiger partial charge in [-0.15, -0.1) is 0 Å². The van der Waals surface area contributed by atoms with Crippen LogP contribution in [0.2, 0.25) is 0 Å². The topological polar surface area (TPSA) is 61.8 Å². The van der Waals surface area contributed by atoms with E-state index in [0.717, 1.165) is 45.1 Å². The molecule has 2 fully saturated rings. The van der Waals surface area contributed by atoms with E-state index in [4.69, 9.17) is 14.2 Å². The minimum absolute atomic E-state index is 0.0285. The summed E-state index contributed by atoms with van der Waals surface area (Å²) in [6, 6.07) is 0. The van der Waals surface area contributed by atoms with E-state index < -0.39 is 17.3 Å². The van der Waals surface area contributed by atoms with Crippen molar-refractivity contribution < 1.29 is 23.8 Å². The zero-order valence-corrected chi connectivity index (χ0v) is 12.9. The van der Waals surface area contributed by atoms with Gasteiger partial charge in [-0.1, -0.05) is 19.3 Å². The Morgan fingerprint density at radius 1 is 1.10 bits per heavy atom. The molecule has 1 unspecified atom stereocenters. The normalized spacial score (nSPS) is 32.4. The highest BCUT2D eigenvalue weighted by molar-refractivity contribution is 6.02. The van der Waals surface area contributed by atoms with Gasteiger partial charge in [0, 0.05) is 6.61 Å². The van der Waals surface area contributed by atoms with E-state index in [2.05, 4.69) is 0 Å². The lowest BCUT2D eigenvalue weighted by Gasteiger charge is -2.38. The second-order valence-corrected chi connectivity index (χ2v) is 6.09. The predicted octanol–water partition coefficient (Wildman–Crippen LogP) is 2.12. The summed E-state index contributed by atoms with van der Waals surface area (Å²) in [6.45, 7) is 2.25. The summed E-state index contributed by atoms with van der Waals surface area (Å²) >= 11 is 0. The monoisotopic (exact) mass is 298 g/mol. The number of ether oxygens (including phenoxy) is 3. The molecule has 5 heteroatoms. The van der Waals surface area contributed by atoms with E-state index in [-0.39, 0.29) is 5.78 Å². The van der Waals surface area contributed by atoms with Gasteiger partial charge in [0.25, 0.3) is 0 Å².